The summed E-state index contributed by atoms with van der Waals surface area (Å²) in [5, 5.41) is 5.91. The molecule has 1 aliphatic carbocycles. The molecule has 2 rings (SSSR count). The van der Waals surface area contributed by atoms with Crippen LogP contribution in [0, 0.1) is 0 Å². The number of rotatable bonds is 2. The molecule has 0 bridgehead atoms. The predicted molar refractivity (Wildman–Crippen MR) is 60.6 cm³/mol. The molecule has 1 aromatic rings. The second-order valence-electron chi connectivity index (χ2n) is 2.87. The van der Waals surface area contributed by atoms with Gasteiger partial charge in [0.25, 0.3) is 0 Å². The van der Waals surface area contributed by atoms with Gasteiger partial charge >= 0.3 is 0 Å². The topological polar surface area (TPSA) is 50.4 Å². The number of aliphatic imine (C=N–C) groups is 1. The molecule has 1 heterocycles. The lowest BCUT2D eigenvalue weighted by Crippen LogP contribution is -2.29. The van der Waals surface area contributed by atoms with Crippen molar-refractivity contribution in [1.82, 2.24) is 5.32 Å². The summed E-state index contributed by atoms with van der Waals surface area (Å²) in [6, 6.07) is 3.88. The Morgan fingerprint density at radius 1 is 1.57 bits per heavy atom. The molecule has 3 N–H and O–H groups in total. The minimum Gasteiger partial charge on any atom is -0.369 e. The molecule has 14 heavy (non-hydrogen) atoms. The monoisotopic (exact) mass is 205 g/mol. The van der Waals surface area contributed by atoms with Gasteiger partial charge in [0.2, 0.25) is 0 Å². The Bertz CT molecular complexity index is 388. The van der Waals surface area contributed by atoms with Gasteiger partial charge in [-0.15, -0.1) is 11.3 Å². The van der Waals surface area contributed by atoms with Crippen LogP contribution in [0.25, 0.3) is 0 Å². The fourth-order valence-electron chi connectivity index (χ4n) is 1.18. The van der Waals surface area contributed by atoms with E-state index >= 15 is 0 Å². The summed E-state index contributed by atoms with van der Waals surface area (Å²) in [6.07, 6.45) is 7.10. The lowest BCUT2D eigenvalue weighted by atomic mass is 10.4. The SMILES string of the molecule is NC(=Nc1cccs1)NC1=CCC=C1. The van der Waals surface area contributed by atoms with E-state index in [1.54, 1.807) is 11.3 Å². The van der Waals surface area contributed by atoms with Crippen molar-refractivity contribution >= 4 is 22.3 Å². The average Bonchev–Trinajstić information content (AvgIpc) is 2.76. The van der Waals surface area contributed by atoms with E-state index in [1.165, 1.54) is 0 Å². The lowest BCUT2D eigenvalue weighted by Gasteiger charge is -2.02. The Kier molecular flexibility index (Phi) is 2.65. The number of guanidine groups is 1. The van der Waals surface area contributed by atoms with Crippen LogP contribution < -0.4 is 11.1 Å². The van der Waals surface area contributed by atoms with Crippen LogP contribution in [-0.2, 0) is 0 Å². The van der Waals surface area contributed by atoms with Crippen molar-refractivity contribution in [2.75, 3.05) is 0 Å². The zero-order valence-corrected chi connectivity index (χ0v) is 8.42. The summed E-state index contributed by atoms with van der Waals surface area (Å²) in [5.74, 6) is 0.435. The molecule has 0 atom stereocenters. The number of allylic oxidation sites excluding steroid dienone is 3. The Balaban J connectivity index is 2.01. The minimum atomic E-state index is 0.435. The molecule has 4 heteroatoms. The Morgan fingerprint density at radius 3 is 3.14 bits per heavy atom. The summed E-state index contributed by atoms with van der Waals surface area (Å²) < 4.78 is 0. The number of nitrogens with one attached hydrogen (secondary N) is 1. The summed E-state index contributed by atoms with van der Waals surface area (Å²) >= 11 is 1.56. The third-order valence-electron chi connectivity index (χ3n) is 1.78. The van der Waals surface area contributed by atoms with Crippen molar-refractivity contribution in [2.45, 2.75) is 6.42 Å². The molecule has 0 aromatic carbocycles. The van der Waals surface area contributed by atoms with Gasteiger partial charge in [0.05, 0.1) is 0 Å². The Hall–Kier alpha value is -1.55. The van der Waals surface area contributed by atoms with Gasteiger partial charge in [0.15, 0.2) is 5.96 Å². The zero-order chi connectivity index (χ0) is 9.80. The summed E-state index contributed by atoms with van der Waals surface area (Å²) in [4.78, 5) is 4.21. The van der Waals surface area contributed by atoms with Crippen LogP contribution in [0.5, 0.6) is 0 Å². The maximum atomic E-state index is 5.72. The van der Waals surface area contributed by atoms with Crippen LogP contribution in [0.4, 0.5) is 5.00 Å². The molecule has 0 radical (unpaired) electrons. The molecule has 0 saturated carbocycles. The van der Waals surface area contributed by atoms with Gasteiger partial charge in [-0.2, -0.15) is 0 Å². The van der Waals surface area contributed by atoms with Crippen molar-refractivity contribution in [3.8, 4) is 0 Å². The standard InChI is InChI=1S/C10H11N3S/c11-10(12-8-4-1-2-5-8)13-9-6-3-7-14-9/h1,3-7H,2H2,(H3,11,12,13). The first kappa shape index (κ1) is 9.02. The molecule has 0 saturated heterocycles. The molecule has 0 spiro atoms. The molecular weight excluding hydrogens is 194 g/mol. The van der Waals surface area contributed by atoms with Crippen molar-refractivity contribution in [1.29, 1.82) is 0 Å². The van der Waals surface area contributed by atoms with Gasteiger partial charge in [-0.25, -0.2) is 4.99 Å². The molecule has 1 aliphatic rings. The average molecular weight is 205 g/mol. The minimum absolute atomic E-state index is 0.435. The molecule has 0 aliphatic heterocycles. The predicted octanol–water partition coefficient (Wildman–Crippen LogP) is 2.13. The number of thiophene rings is 1. The maximum absolute atomic E-state index is 5.72. The lowest BCUT2D eigenvalue weighted by molar-refractivity contribution is 1.15. The summed E-state index contributed by atoms with van der Waals surface area (Å²) in [5.41, 5.74) is 6.73. The van der Waals surface area contributed by atoms with Crippen LogP contribution in [0.2, 0.25) is 0 Å². The largest absolute Gasteiger partial charge is 0.369 e. The second-order valence-corrected chi connectivity index (χ2v) is 3.80. The molecular formula is C10H11N3S. The molecule has 3 nitrogen and oxygen atoms in total. The highest BCUT2D eigenvalue weighted by Gasteiger charge is 1.99. The highest BCUT2D eigenvalue weighted by Crippen LogP contribution is 2.18. The van der Waals surface area contributed by atoms with Crippen LogP contribution in [-0.4, -0.2) is 5.96 Å². The van der Waals surface area contributed by atoms with Gasteiger partial charge in [-0.1, -0.05) is 12.2 Å². The van der Waals surface area contributed by atoms with E-state index in [4.69, 9.17) is 5.73 Å². The first-order valence-corrected chi connectivity index (χ1v) is 5.24. The van der Waals surface area contributed by atoms with Crippen molar-refractivity contribution in [3.05, 3.63) is 41.4 Å². The Labute approximate surface area is 86.7 Å². The van der Waals surface area contributed by atoms with E-state index in [0.717, 1.165) is 17.1 Å². The van der Waals surface area contributed by atoms with Crippen LogP contribution in [0.3, 0.4) is 0 Å². The van der Waals surface area contributed by atoms with Gasteiger partial charge in [0.1, 0.15) is 5.00 Å². The molecule has 0 unspecified atom stereocenters. The van der Waals surface area contributed by atoms with Crippen LogP contribution >= 0.6 is 11.3 Å². The third-order valence-corrected chi connectivity index (χ3v) is 2.54. The van der Waals surface area contributed by atoms with E-state index in [2.05, 4.69) is 22.5 Å². The van der Waals surface area contributed by atoms with Crippen molar-refractivity contribution in [3.63, 3.8) is 0 Å². The summed E-state index contributed by atoms with van der Waals surface area (Å²) in [6.45, 7) is 0. The molecule has 0 fully saturated rings. The quantitative estimate of drug-likeness (QED) is 0.574. The van der Waals surface area contributed by atoms with Gasteiger partial charge in [-0.3, -0.25) is 0 Å². The van der Waals surface area contributed by atoms with E-state index in [0.29, 0.717) is 5.96 Å². The zero-order valence-electron chi connectivity index (χ0n) is 7.60. The van der Waals surface area contributed by atoms with Gasteiger partial charge in [0, 0.05) is 5.70 Å². The van der Waals surface area contributed by atoms with Gasteiger partial charge < -0.3 is 11.1 Å². The Morgan fingerprint density at radius 2 is 2.50 bits per heavy atom. The first-order chi connectivity index (χ1) is 6.84. The second kappa shape index (κ2) is 4.11. The van der Waals surface area contributed by atoms with E-state index < -0.39 is 0 Å². The molecule has 1 aromatic heterocycles. The van der Waals surface area contributed by atoms with E-state index in [9.17, 15) is 0 Å². The van der Waals surface area contributed by atoms with Crippen LogP contribution in [0.15, 0.2) is 46.4 Å². The highest BCUT2D eigenvalue weighted by atomic mass is 32.1. The number of nitrogens with zero attached hydrogens (tertiary/aromatic N) is 1. The van der Waals surface area contributed by atoms with Crippen LogP contribution in [0.1, 0.15) is 6.42 Å². The van der Waals surface area contributed by atoms with E-state index in [1.807, 2.05) is 23.6 Å². The first-order valence-electron chi connectivity index (χ1n) is 4.36. The third kappa shape index (κ3) is 2.23. The van der Waals surface area contributed by atoms with Gasteiger partial charge in [-0.05, 0) is 30.0 Å². The smallest absolute Gasteiger partial charge is 0.199 e. The number of hydrogen-bond acceptors (Lipinski definition) is 2. The van der Waals surface area contributed by atoms with Crippen molar-refractivity contribution < 1.29 is 0 Å². The highest BCUT2D eigenvalue weighted by molar-refractivity contribution is 7.13. The normalized spacial score (nSPS) is 15.7. The molecule has 0 amide bonds. The number of hydrogen-bond donors (Lipinski definition) is 2. The molecule has 72 valence electrons. The fourth-order valence-corrected chi connectivity index (χ4v) is 1.78. The maximum Gasteiger partial charge on any atom is 0.199 e. The summed E-state index contributed by atoms with van der Waals surface area (Å²) in [7, 11) is 0. The number of nitrogens with two attached hydrogens (primary N) is 1. The van der Waals surface area contributed by atoms with Crippen molar-refractivity contribution in [2.24, 2.45) is 10.7 Å². The van der Waals surface area contributed by atoms with E-state index in [-0.39, 0.29) is 0 Å². The fraction of sp³-hybridized carbons (Fsp3) is 0.100.